The molecule has 1 aliphatic heterocycles. The van der Waals surface area contributed by atoms with Gasteiger partial charge in [0.05, 0.1) is 11.5 Å². The number of aliphatic hydroxyl groups is 1. The Labute approximate surface area is 176 Å². The maximum Gasteiger partial charge on any atom is 0.240 e. The van der Waals surface area contributed by atoms with Crippen LogP contribution < -0.4 is 10.6 Å². The molecule has 150 valence electrons. The number of hydrogen-bond donors (Lipinski definition) is 2. The number of anilines is 1. The van der Waals surface area contributed by atoms with E-state index in [0.29, 0.717) is 11.6 Å². The highest BCUT2D eigenvalue weighted by molar-refractivity contribution is 7.17. The SMILES string of the molecule is NC(=O)[C@@H]1C[C@@H](O)CN1c1nc(-c2cccnc2)nc2scc(-c3ccccc3)c12. The fourth-order valence-electron chi connectivity index (χ4n) is 3.90. The van der Waals surface area contributed by atoms with Crippen molar-refractivity contribution in [1.82, 2.24) is 15.0 Å². The van der Waals surface area contributed by atoms with Gasteiger partial charge in [-0.1, -0.05) is 30.3 Å². The summed E-state index contributed by atoms with van der Waals surface area (Å²) in [5, 5.41) is 13.2. The molecule has 3 aromatic heterocycles. The number of thiophene rings is 1. The Morgan fingerprint density at radius 3 is 2.67 bits per heavy atom. The molecule has 4 heterocycles. The monoisotopic (exact) mass is 417 g/mol. The van der Waals surface area contributed by atoms with Crippen molar-refractivity contribution >= 4 is 33.3 Å². The fraction of sp³-hybridized carbons (Fsp3) is 0.182. The molecule has 7 nitrogen and oxygen atoms in total. The van der Waals surface area contributed by atoms with Crippen LogP contribution in [-0.2, 0) is 4.79 Å². The second-order valence-electron chi connectivity index (χ2n) is 7.27. The Bertz CT molecular complexity index is 1210. The van der Waals surface area contributed by atoms with Crippen LogP contribution in [0.2, 0.25) is 0 Å². The highest BCUT2D eigenvalue weighted by Gasteiger charge is 2.37. The molecule has 4 aromatic rings. The largest absolute Gasteiger partial charge is 0.391 e. The van der Waals surface area contributed by atoms with E-state index in [9.17, 15) is 9.90 Å². The van der Waals surface area contributed by atoms with Crippen LogP contribution in [0, 0.1) is 0 Å². The summed E-state index contributed by atoms with van der Waals surface area (Å²) in [5.41, 5.74) is 8.48. The molecule has 0 spiro atoms. The lowest BCUT2D eigenvalue weighted by Gasteiger charge is -2.24. The van der Waals surface area contributed by atoms with Gasteiger partial charge < -0.3 is 15.7 Å². The van der Waals surface area contributed by atoms with Gasteiger partial charge in [0, 0.05) is 41.9 Å². The highest BCUT2D eigenvalue weighted by atomic mass is 32.1. The minimum Gasteiger partial charge on any atom is -0.391 e. The summed E-state index contributed by atoms with van der Waals surface area (Å²) in [4.78, 5) is 28.5. The predicted molar refractivity (Wildman–Crippen MR) is 117 cm³/mol. The minimum absolute atomic E-state index is 0.286. The lowest BCUT2D eigenvalue weighted by atomic mass is 10.1. The molecule has 1 amide bonds. The number of benzene rings is 1. The standard InChI is InChI=1S/C22H19N5O2S/c23-19(29)17-9-15(28)11-27(17)21-18-16(13-5-2-1-3-6-13)12-30-22(18)26-20(25-21)14-7-4-8-24-10-14/h1-8,10,12,15,17,28H,9,11H2,(H2,23,29)/t15-,17+/m1/s1. The van der Waals surface area contributed by atoms with Crippen molar-refractivity contribution in [2.75, 3.05) is 11.4 Å². The topological polar surface area (TPSA) is 105 Å². The molecule has 0 saturated carbocycles. The number of carbonyl (C=O) groups excluding carboxylic acids is 1. The first-order chi connectivity index (χ1) is 14.6. The minimum atomic E-state index is -0.645. The summed E-state index contributed by atoms with van der Waals surface area (Å²) in [6.45, 7) is 0.288. The van der Waals surface area contributed by atoms with Crippen molar-refractivity contribution in [1.29, 1.82) is 0 Å². The smallest absolute Gasteiger partial charge is 0.240 e. The number of pyridine rings is 1. The third kappa shape index (κ3) is 3.20. The summed E-state index contributed by atoms with van der Waals surface area (Å²) < 4.78 is 0. The molecule has 30 heavy (non-hydrogen) atoms. The van der Waals surface area contributed by atoms with E-state index in [0.717, 1.165) is 26.9 Å². The van der Waals surface area contributed by atoms with E-state index in [1.807, 2.05) is 47.4 Å². The molecular formula is C22H19N5O2S. The molecule has 5 rings (SSSR count). The molecule has 0 radical (unpaired) electrons. The number of aliphatic hydroxyl groups excluding tert-OH is 1. The normalized spacial score (nSPS) is 18.8. The number of nitrogens with zero attached hydrogens (tertiary/aromatic N) is 4. The number of amides is 1. The van der Waals surface area contributed by atoms with Gasteiger partial charge in [0.15, 0.2) is 5.82 Å². The van der Waals surface area contributed by atoms with Crippen LogP contribution in [0.15, 0.2) is 60.2 Å². The molecule has 2 atom stereocenters. The Hall–Kier alpha value is -3.36. The van der Waals surface area contributed by atoms with E-state index < -0.39 is 18.1 Å². The quantitative estimate of drug-likeness (QED) is 0.529. The first-order valence-corrected chi connectivity index (χ1v) is 10.5. The molecule has 0 bridgehead atoms. The van der Waals surface area contributed by atoms with Crippen molar-refractivity contribution in [2.24, 2.45) is 5.73 Å². The molecule has 0 aliphatic carbocycles. The van der Waals surface area contributed by atoms with Gasteiger partial charge in [-0.05, 0) is 17.7 Å². The second kappa shape index (κ2) is 7.47. The fourth-order valence-corrected chi connectivity index (χ4v) is 4.84. The zero-order valence-electron chi connectivity index (χ0n) is 16.0. The van der Waals surface area contributed by atoms with E-state index in [1.54, 1.807) is 12.4 Å². The second-order valence-corrected chi connectivity index (χ2v) is 8.13. The number of carbonyl (C=O) groups is 1. The molecule has 3 N–H and O–H groups in total. The summed E-state index contributed by atoms with van der Waals surface area (Å²) in [6.07, 6.45) is 3.05. The van der Waals surface area contributed by atoms with E-state index in [1.165, 1.54) is 11.3 Å². The number of aromatic nitrogens is 3. The van der Waals surface area contributed by atoms with Crippen molar-refractivity contribution in [3.63, 3.8) is 0 Å². The van der Waals surface area contributed by atoms with Gasteiger partial charge in [-0.2, -0.15) is 0 Å². The Balaban J connectivity index is 1.77. The molecule has 8 heteroatoms. The van der Waals surface area contributed by atoms with Crippen molar-refractivity contribution in [2.45, 2.75) is 18.6 Å². The number of nitrogens with two attached hydrogens (primary N) is 1. The molecule has 1 fully saturated rings. The molecule has 1 aromatic carbocycles. The van der Waals surface area contributed by atoms with Gasteiger partial charge in [0.2, 0.25) is 5.91 Å². The van der Waals surface area contributed by atoms with Crippen molar-refractivity contribution in [3.8, 4) is 22.5 Å². The van der Waals surface area contributed by atoms with Crippen LogP contribution >= 0.6 is 11.3 Å². The summed E-state index contributed by atoms with van der Waals surface area (Å²) in [7, 11) is 0. The summed E-state index contributed by atoms with van der Waals surface area (Å²) >= 11 is 1.52. The van der Waals surface area contributed by atoms with Crippen molar-refractivity contribution in [3.05, 3.63) is 60.2 Å². The van der Waals surface area contributed by atoms with E-state index in [2.05, 4.69) is 10.4 Å². The maximum atomic E-state index is 12.1. The third-order valence-corrected chi connectivity index (χ3v) is 6.17. The number of β-amino-alcohol motifs (C(OH)–C–C–N with tert-alkyl or cyclic N) is 1. The van der Waals surface area contributed by atoms with Gasteiger partial charge in [-0.25, -0.2) is 9.97 Å². The van der Waals surface area contributed by atoms with Gasteiger partial charge >= 0.3 is 0 Å². The van der Waals surface area contributed by atoms with Crippen LogP contribution in [0.4, 0.5) is 5.82 Å². The Kier molecular flexibility index (Phi) is 4.65. The highest BCUT2D eigenvalue weighted by Crippen LogP contribution is 2.41. The maximum absolute atomic E-state index is 12.1. The van der Waals surface area contributed by atoms with E-state index in [-0.39, 0.29) is 13.0 Å². The number of fused-ring (bicyclic) bond motifs is 1. The first kappa shape index (κ1) is 18.7. The van der Waals surface area contributed by atoms with Gasteiger partial charge in [0.1, 0.15) is 16.7 Å². The average molecular weight is 417 g/mol. The zero-order valence-corrected chi connectivity index (χ0v) is 16.8. The van der Waals surface area contributed by atoms with Gasteiger partial charge in [-0.15, -0.1) is 11.3 Å². The first-order valence-electron chi connectivity index (χ1n) is 9.61. The van der Waals surface area contributed by atoms with Crippen LogP contribution in [0.25, 0.3) is 32.7 Å². The van der Waals surface area contributed by atoms with Crippen LogP contribution in [0.1, 0.15) is 6.42 Å². The lowest BCUT2D eigenvalue weighted by molar-refractivity contribution is -0.119. The van der Waals surface area contributed by atoms with Crippen LogP contribution in [0.5, 0.6) is 0 Å². The Morgan fingerprint density at radius 1 is 1.13 bits per heavy atom. The predicted octanol–water partition coefficient (Wildman–Crippen LogP) is 2.85. The van der Waals surface area contributed by atoms with Gasteiger partial charge in [0.25, 0.3) is 0 Å². The molecule has 1 saturated heterocycles. The number of rotatable bonds is 4. The van der Waals surface area contributed by atoms with Gasteiger partial charge in [-0.3, -0.25) is 9.78 Å². The molecular weight excluding hydrogens is 398 g/mol. The third-order valence-electron chi connectivity index (χ3n) is 5.30. The summed E-state index contributed by atoms with van der Waals surface area (Å²) in [5.74, 6) is 0.661. The van der Waals surface area contributed by atoms with E-state index in [4.69, 9.17) is 15.7 Å². The molecule has 1 aliphatic rings. The average Bonchev–Trinajstić information content (AvgIpc) is 3.38. The zero-order chi connectivity index (χ0) is 20.7. The number of primary amides is 1. The van der Waals surface area contributed by atoms with Crippen LogP contribution in [0.3, 0.4) is 0 Å². The molecule has 0 unspecified atom stereocenters. The summed E-state index contributed by atoms with van der Waals surface area (Å²) in [6, 6.07) is 13.1. The van der Waals surface area contributed by atoms with Crippen LogP contribution in [-0.4, -0.2) is 44.7 Å². The lowest BCUT2D eigenvalue weighted by Crippen LogP contribution is -2.41. The van der Waals surface area contributed by atoms with E-state index >= 15 is 0 Å². The van der Waals surface area contributed by atoms with Crippen molar-refractivity contribution < 1.29 is 9.90 Å². The number of hydrogen-bond acceptors (Lipinski definition) is 7. The Morgan fingerprint density at radius 2 is 1.93 bits per heavy atom.